The number of methoxy groups -OCH3 is 1. The number of hydrogen-bond acceptors (Lipinski definition) is 4. The summed E-state index contributed by atoms with van der Waals surface area (Å²) in [7, 11) is 3.22. The van der Waals surface area contributed by atoms with E-state index in [1.165, 1.54) is 7.11 Å². The predicted molar refractivity (Wildman–Crippen MR) is 66.0 cm³/mol. The van der Waals surface area contributed by atoms with Crippen molar-refractivity contribution in [1.29, 1.82) is 0 Å². The number of benzene rings is 1. The zero-order valence-electron chi connectivity index (χ0n) is 10.7. The lowest BCUT2D eigenvalue weighted by Crippen LogP contribution is -2.25. The van der Waals surface area contributed by atoms with Gasteiger partial charge < -0.3 is 14.8 Å². The molecule has 0 radical (unpaired) electrons. The van der Waals surface area contributed by atoms with Crippen LogP contribution in [0.25, 0.3) is 0 Å². The first-order valence-corrected chi connectivity index (χ1v) is 5.57. The molecule has 0 aliphatic carbocycles. The fraction of sp³-hybridized carbons (Fsp3) is 0.462. The van der Waals surface area contributed by atoms with Crippen molar-refractivity contribution in [3.8, 4) is 5.75 Å². The van der Waals surface area contributed by atoms with Crippen LogP contribution in [0.1, 0.15) is 18.1 Å². The lowest BCUT2D eigenvalue weighted by atomic mass is 10.1. The fourth-order valence-corrected chi connectivity index (χ4v) is 1.56. The van der Waals surface area contributed by atoms with Gasteiger partial charge in [0, 0.05) is 12.1 Å². The molecular formula is C13H19NO3. The molecule has 0 bridgehead atoms. The molecule has 1 rings (SSSR count). The van der Waals surface area contributed by atoms with Crippen molar-refractivity contribution in [2.24, 2.45) is 0 Å². The molecule has 0 aliphatic rings. The molecule has 4 nitrogen and oxygen atoms in total. The highest BCUT2D eigenvalue weighted by atomic mass is 16.6. The van der Waals surface area contributed by atoms with Gasteiger partial charge in [-0.25, -0.2) is 4.79 Å². The topological polar surface area (TPSA) is 47.6 Å². The fourth-order valence-electron chi connectivity index (χ4n) is 1.56. The monoisotopic (exact) mass is 237 g/mol. The van der Waals surface area contributed by atoms with E-state index in [2.05, 4.69) is 10.1 Å². The van der Waals surface area contributed by atoms with Gasteiger partial charge in [0.05, 0.1) is 7.11 Å². The van der Waals surface area contributed by atoms with Crippen molar-refractivity contribution in [1.82, 2.24) is 5.32 Å². The normalized spacial score (nSPS) is 12.0. The second-order valence-electron chi connectivity index (χ2n) is 3.92. The van der Waals surface area contributed by atoms with E-state index in [1.54, 1.807) is 6.92 Å². The third-order valence-electron chi connectivity index (χ3n) is 2.42. The van der Waals surface area contributed by atoms with Gasteiger partial charge in [0.1, 0.15) is 5.75 Å². The summed E-state index contributed by atoms with van der Waals surface area (Å²) < 4.78 is 10.2. The van der Waals surface area contributed by atoms with Crippen LogP contribution in [0.5, 0.6) is 5.75 Å². The summed E-state index contributed by atoms with van der Waals surface area (Å²) in [5.74, 6) is 0.337. The van der Waals surface area contributed by atoms with Crippen molar-refractivity contribution in [3.05, 3.63) is 29.3 Å². The Hall–Kier alpha value is -1.55. The minimum absolute atomic E-state index is 0.374. The van der Waals surface area contributed by atoms with Gasteiger partial charge in [-0.2, -0.15) is 0 Å². The lowest BCUT2D eigenvalue weighted by Gasteiger charge is -2.16. The van der Waals surface area contributed by atoms with E-state index >= 15 is 0 Å². The van der Waals surface area contributed by atoms with Crippen LogP contribution in [0, 0.1) is 6.92 Å². The minimum atomic E-state index is -0.599. The Morgan fingerprint density at radius 1 is 1.47 bits per heavy atom. The first-order valence-electron chi connectivity index (χ1n) is 5.57. The molecule has 0 saturated carbocycles. The van der Waals surface area contributed by atoms with Crippen molar-refractivity contribution >= 4 is 5.97 Å². The summed E-state index contributed by atoms with van der Waals surface area (Å²) in [4.78, 5) is 11.3. The maximum Gasteiger partial charge on any atom is 0.346 e. The molecule has 17 heavy (non-hydrogen) atoms. The highest BCUT2D eigenvalue weighted by Gasteiger charge is 2.16. The van der Waals surface area contributed by atoms with Crippen molar-refractivity contribution in [2.75, 3.05) is 14.2 Å². The van der Waals surface area contributed by atoms with E-state index in [4.69, 9.17) is 4.74 Å². The van der Waals surface area contributed by atoms with Crippen molar-refractivity contribution in [3.63, 3.8) is 0 Å². The number of esters is 1. The third-order valence-corrected chi connectivity index (χ3v) is 2.42. The molecule has 0 saturated heterocycles. The molecule has 94 valence electrons. The highest BCUT2D eigenvalue weighted by molar-refractivity contribution is 5.74. The summed E-state index contributed by atoms with van der Waals surface area (Å²) in [6, 6.07) is 5.87. The second-order valence-corrected chi connectivity index (χ2v) is 3.92. The number of rotatable bonds is 5. The van der Waals surface area contributed by atoms with Gasteiger partial charge >= 0.3 is 5.97 Å². The molecule has 4 heteroatoms. The Labute approximate surface area is 102 Å². The molecule has 0 heterocycles. The van der Waals surface area contributed by atoms with Crippen LogP contribution in [0.3, 0.4) is 0 Å². The maximum atomic E-state index is 11.3. The van der Waals surface area contributed by atoms with Crippen LogP contribution in [0.2, 0.25) is 0 Å². The van der Waals surface area contributed by atoms with Crippen molar-refractivity contribution < 1.29 is 14.3 Å². The average molecular weight is 237 g/mol. The maximum absolute atomic E-state index is 11.3. The number of ether oxygens (including phenoxy) is 2. The smallest absolute Gasteiger partial charge is 0.346 e. The van der Waals surface area contributed by atoms with Gasteiger partial charge in [-0.3, -0.25) is 0 Å². The number of nitrogens with one attached hydrogen (secondary N) is 1. The van der Waals surface area contributed by atoms with E-state index in [0.29, 0.717) is 12.3 Å². The lowest BCUT2D eigenvalue weighted by molar-refractivity contribution is -0.147. The molecule has 1 atom stereocenters. The molecule has 1 unspecified atom stereocenters. The SMILES string of the molecule is CNCc1cc(C)ccc1OC(C)C(=O)OC. The van der Waals surface area contributed by atoms with Crippen LogP contribution in [-0.4, -0.2) is 26.2 Å². The Morgan fingerprint density at radius 3 is 2.76 bits per heavy atom. The molecule has 1 aromatic rings. The quantitative estimate of drug-likeness (QED) is 0.791. The minimum Gasteiger partial charge on any atom is -0.479 e. The van der Waals surface area contributed by atoms with Gasteiger partial charge in [0.15, 0.2) is 6.10 Å². The Morgan fingerprint density at radius 2 is 2.18 bits per heavy atom. The largest absolute Gasteiger partial charge is 0.479 e. The summed E-state index contributed by atoms with van der Waals surface area (Å²) in [6.45, 7) is 4.40. The molecule has 1 aromatic carbocycles. The van der Waals surface area contributed by atoms with Gasteiger partial charge in [0.25, 0.3) is 0 Å². The Bertz CT molecular complexity index is 390. The van der Waals surface area contributed by atoms with Gasteiger partial charge in [-0.05, 0) is 27.0 Å². The number of hydrogen-bond donors (Lipinski definition) is 1. The molecule has 0 amide bonds. The Kier molecular flexibility index (Phi) is 4.97. The standard InChI is InChI=1S/C13H19NO3/c1-9-5-6-12(11(7-9)8-14-3)17-10(2)13(15)16-4/h5-7,10,14H,8H2,1-4H3. The molecule has 0 spiro atoms. The van der Waals surface area contributed by atoms with Gasteiger partial charge in [0.2, 0.25) is 0 Å². The van der Waals surface area contributed by atoms with Crippen LogP contribution in [-0.2, 0) is 16.1 Å². The zero-order chi connectivity index (χ0) is 12.8. The van der Waals surface area contributed by atoms with Crippen LogP contribution < -0.4 is 10.1 Å². The average Bonchev–Trinajstić information content (AvgIpc) is 2.31. The molecule has 0 fully saturated rings. The van der Waals surface area contributed by atoms with Crippen molar-refractivity contribution in [2.45, 2.75) is 26.5 Å². The zero-order valence-corrected chi connectivity index (χ0v) is 10.7. The summed E-state index contributed by atoms with van der Waals surface area (Å²) in [5, 5.41) is 3.07. The molecular weight excluding hydrogens is 218 g/mol. The molecule has 0 aromatic heterocycles. The predicted octanol–water partition coefficient (Wildman–Crippen LogP) is 1.65. The molecule has 0 aliphatic heterocycles. The number of carbonyl (C=O) groups excluding carboxylic acids is 1. The summed E-state index contributed by atoms with van der Waals surface area (Å²) >= 11 is 0. The third kappa shape index (κ3) is 3.75. The number of aryl methyl sites for hydroxylation is 1. The van der Waals surface area contributed by atoms with Gasteiger partial charge in [-0.1, -0.05) is 17.7 Å². The number of carbonyl (C=O) groups is 1. The summed E-state index contributed by atoms with van der Waals surface area (Å²) in [6.07, 6.45) is -0.599. The van der Waals surface area contributed by atoms with Crippen LogP contribution >= 0.6 is 0 Å². The second kappa shape index (κ2) is 6.25. The van der Waals surface area contributed by atoms with E-state index < -0.39 is 6.10 Å². The first kappa shape index (κ1) is 13.5. The molecule has 1 N–H and O–H groups in total. The summed E-state index contributed by atoms with van der Waals surface area (Å²) in [5.41, 5.74) is 2.19. The van der Waals surface area contributed by atoms with Crippen LogP contribution in [0.4, 0.5) is 0 Å². The van der Waals surface area contributed by atoms with Crippen LogP contribution in [0.15, 0.2) is 18.2 Å². The van der Waals surface area contributed by atoms with E-state index in [1.807, 2.05) is 32.2 Å². The highest BCUT2D eigenvalue weighted by Crippen LogP contribution is 2.21. The van der Waals surface area contributed by atoms with E-state index in [0.717, 1.165) is 11.1 Å². The van der Waals surface area contributed by atoms with E-state index in [-0.39, 0.29) is 5.97 Å². The van der Waals surface area contributed by atoms with Gasteiger partial charge in [-0.15, -0.1) is 0 Å². The van der Waals surface area contributed by atoms with E-state index in [9.17, 15) is 4.79 Å². The Balaban J connectivity index is 2.85. The first-order chi connectivity index (χ1) is 8.08.